The summed E-state index contributed by atoms with van der Waals surface area (Å²) in [5, 5.41) is 7.22. The number of ether oxygens (including phenoxy) is 1. The number of hydrogen-bond acceptors (Lipinski definition) is 7. The number of benzene rings is 1. The van der Waals surface area contributed by atoms with Gasteiger partial charge in [0, 0.05) is 5.69 Å². The Bertz CT molecular complexity index is 813. The minimum absolute atomic E-state index is 0.0447. The summed E-state index contributed by atoms with van der Waals surface area (Å²) in [5.41, 5.74) is 2.21. The highest BCUT2D eigenvalue weighted by molar-refractivity contribution is 6.05. The van der Waals surface area contributed by atoms with Gasteiger partial charge >= 0.3 is 5.97 Å². The summed E-state index contributed by atoms with van der Waals surface area (Å²) in [6.07, 6.45) is 1.34. The Kier molecular flexibility index (Phi) is 3.23. The number of fused-ring (bicyclic) bond motifs is 1. The van der Waals surface area contributed by atoms with Crippen LogP contribution >= 0.6 is 0 Å². The molecule has 3 aromatic rings. The zero-order valence-electron chi connectivity index (χ0n) is 11.5. The third-order valence-corrected chi connectivity index (χ3v) is 2.93. The van der Waals surface area contributed by atoms with E-state index in [1.807, 2.05) is 31.2 Å². The summed E-state index contributed by atoms with van der Waals surface area (Å²) in [5.74, 6) is -0.164. The van der Waals surface area contributed by atoms with Gasteiger partial charge in [-0.15, -0.1) is 0 Å². The van der Waals surface area contributed by atoms with Gasteiger partial charge in [0.15, 0.2) is 0 Å². The number of hydrogen-bond donors (Lipinski definition) is 1. The van der Waals surface area contributed by atoms with Crippen molar-refractivity contribution >= 4 is 28.6 Å². The molecule has 1 aromatic carbocycles. The van der Waals surface area contributed by atoms with E-state index in [0.29, 0.717) is 11.2 Å². The lowest BCUT2D eigenvalue weighted by molar-refractivity contribution is 0.0591. The average Bonchev–Trinajstić information content (AvgIpc) is 2.91. The molecule has 0 saturated carbocycles. The van der Waals surface area contributed by atoms with Gasteiger partial charge in [-0.1, -0.05) is 17.3 Å². The number of esters is 1. The molecule has 0 radical (unpaired) electrons. The molecule has 106 valence electrons. The highest BCUT2D eigenvalue weighted by Gasteiger charge is 2.21. The summed E-state index contributed by atoms with van der Waals surface area (Å²) in [6.45, 7) is 1.99. The minimum Gasteiger partial charge on any atom is -0.464 e. The lowest BCUT2D eigenvalue weighted by Crippen LogP contribution is -2.04. The highest BCUT2D eigenvalue weighted by atomic mass is 16.5. The lowest BCUT2D eigenvalue weighted by Gasteiger charge is -2.06. The molecular weight excluding hydrogens is 272 g/mol. The molecule has 1 N–H and O–H groups in total. The quantitative estimate of drug-likeness (QED) is 0.739. The van der Waals surface area contributed by atoms with Crippen LogP contribution in [0.5, 0.6) is 0 Å². The summed E-state index contributed by atoms with van der Waals surface area (Å²) < 4.78 is 9.71. The third-order valence-electron chi connectivity index (χ3n) is 2.93. The Labute approximate surface area is 119 Å². The summed E-state index contributed by atoms with van der Waals surface area (Å²) in [6, 6.07) is 7.76. The molecule has 0 unspecified atom stereocenters. The molecule has 3 rings (SSSR count). The van der Waals surface area contributed by atoms with Gasteiger partial charge in [0.05, 0.1) is 7.11 Å². The summed E-state index contributed by atoms with van der Waals surface area (Å²) >= 11 is 0. The van der Waals surface area contributed by atoms with Gasteiger partial charge in [0.2, 0.25) is 5.69 Å². The van der Waals surface area contributed by atoms with E-state index in [9.17, 15) is 4.79 Å². The number of aryl methyl sites for hydroxylation is 1. The Hall–Kier alpha value is -2.96. The molecule has 0 amide bonds. The zero-order chi connectivity index (χ0) is 14.8. The Morgan fingerprint density at radius 1 is 1.33 bits per heavy atom. The molecule has 0 fully saturated rings. The first-order valence-corrected chi connectivity index (χ1v) is 6.21. The predicted molar refractivity (Wildman–Crippen MR) is 75.4 cm³/mol. The van der Waals surface area contributed by atoms with Crippen molar-refractivity contribution in [1.82, 2.24) is 15.1 Å². The predicted octanol–water partition coefficient (Wildman–Crippen LogP) is 2.46. The molecule has 7 heteroatoms. The lowest BCUT2D eigenvalue weighted by atomic mass is 10.2. The molecule has 0 aliphatic rings. The maximum absolute atomic E-state index is 11.7. The second-order valence-corrected chi connectivity index (χ2v) is 4.42. The van der Waals surface area contributed by atoms with E-state index < -0.39 is 5.97 Å². The first kappa shape index (κ1) is 13.0. The van der Waals surface area contributed by atoms with Crippen LogP contribution in [0.4, 0.5) is 11.5 Å². The number of methoxy groups -OCH3 is 1. The maximum Gasteiger partial charge on any atom is 0.361 e. The van der Waals surface area contributed by atoms with Crippen molar-refractivity contribution in [3.63, 3.8) is 0 Å². The monoisotopic (exact) mass is 284 g/mol. The fourth-order valence-corrected chi connectivity index (χ4v) is 1.98. The summed E-state index contributed by atoms with van der Waals surface area (Å²) in [4.78, 5) is 19.8. The van der Waals surface area contributed by atoms with Crippen LogP contribution in [0.2, 0.25) is 0 Å². The van der Waals surface area contributed by atoms with Crippen molar-refractivity contribution in [3.05, 3.63) is 41.9 Å². The van der Waals surface area contributed by atoms with E-state index in [1.54, 1.807) is 0 Å². The maximum atomic E-state index is 11.7. The molecule has 0 atom stereocenters. The van der Waals surface area contributed by atoms with Gasteiger partial charge in [0.1, 0.15) is 17.5 Å². The van der Waals surface area contributed by atoms with Gasteiger partial charge in [0.25, 0.3) is 5.71 Å². The number of carbonyl (C=O) groups is 1. The van der Waals surface area contributed by atoms with E-state index in [0.717, 1.165) is 11.3 Å². The van der Waals surface area contributed by atoms with Gasteiger partial charge in [-0.25, -0.2) is 9.78 Å². The standard InChI is InChI=1S/C14H12N4O3/c1-8-4-3-5-9(6-8)17-12-10-11(14(19)20-2)18-21-13(10)16-7-15-12/h3-7H,1-2H3,(H,15,16,17). The number of aromatic nitrogens is 3. The molecule has 2 heterocycles. The van der Waals surface area contributed by atoms with Crippen LogP contribution < -0.4 is 5.32 Å². The number of nitrogens with zero attached hydrogens (tertiary/aromatic N) is 3. The fraction of sp³-hybridized carbons (Fsp3) is 0.143. The molecule has 21 heavy (non-hydrogen) atoms. The second-order valence-electron chi connectivity index (χ2n) is 4.42. The van der Waals surface area contributed by atoms with Crippen LogP contribution in [-0.4, -0.2) is 28.2 Å². The van der Waals surface area contributed by atoms with Crippen molar-refractivity contribution in [2.45, 2.75) is 6.92 Å². The van der Waals surface area contributed by atoms with Crippen LogP contribution in [-0.2, 0) is 4.74 Å². The van der Waals surface area contributed by atoms with Crippen molar-refractivity contribution in [2.24, 2.45) is 0 Å². The first-order valence-electron chi connectivity index (χ1n) is 6.21. The van der Waals surface area contributed by atoms with E-state index in [4.69, 9.17) is 4.52 Å². The Balaban J connectivity index is 2.09. The topological polar surface area (TPSA) is 90.1 Å². The average molecular weight is 284 g/mol. The first-order chi connectivity index (χ1) is 10.2. The van der Waals surface area contributed by atoms with E-state index >= 15 is 0 Å². The highest BCUT2D eigenvalue weighted by Crippen LogP contribution is 2.26. The van der Waals surface area contributed by atoms with Gasteiger partial charge in [-0.05, 0) is 24.6 Å². The SMILES string of the molecule is COC(=O)c1noc2ncnc(Nc3cccc(C)c3)c12. The van der Waals surface area contributed by atoms with Gasteiger partial charge in [-0.3, -0.25) is 0 Å². The van der Waals surface area contributed by atoms with Crippen LogP contribution in [0.3, 0.4) is 0 Å². The van der Waals surface area contributed by atoms with Crippen molar-refractivity contribution < 1.29 is 14.1 Å². The largest absolute Gasteiger partial charge is 0.464 e. The molecule has 0 spiro atoms. The molecule has 0 bridgehead atoms. The Morgan fingerprint density at radius 3 is 2.95 bits per heavy atom. The van der Waals surface area contributed by atoms with Crippen molar-refractivity contribution in [2.75, 3.05) is 12.4 Å². The normalized spacial score (nSPS) is 10.6. The third kappa shape index (κ3) is 2.40. The van der Waals surface area contributed by atoms with Crippen molar-refractivity contribution in [3.8, 4) is 0 Å². The van der Waals surface area contributed by atoms with Crippen LogP contribution in [0.25, 0.3) is 11.1 Å². The van der Waals surface area contributed by atoms with Gasteiger partial charge in [-0.2, -0.15) is 4.98 Å². The van der Waals surface area contributed by atoms with Crippen LogP contribution in [0.15, 0.2) is 35.1 Å². The molecule has 0 aliphatic carbocycles. The second kappa shape index (κ2) is 5.20. The van der Waals surface area contributed by atoms with E-state index in [2.05, 4.69) is 25.2 Å². The molecule has 7 nitrogen and oxygen atoms in total. The number of anilines is 2. The van der Waals surface area contributed by atoms with Crippen LogP contribution in [0, 0.1) is 6.92 Å². The molecular formula is C14H12N4O3. The molecule has 0 aliphatic heterocycles. The zero-order valence-corrected chi connectivity index (χ0v) is 11.5. The number of rotatable bonds is 3. The minimum atomic E-state index is -0.601. The molecule has 2 aromatic heterocycles. The van der Waals surface area contributed by atoms with Gasteiger partial charge < -0.3 is 14.6 Å². The number of nitrogens with one attached hydrogen (secondary N) is 1. The fourth-order valence-electron chi connectivity index (χ4n) is 1.98. The van der Waals surface area contributed by atoms with Crippen molar-refractivity contribution in [1.29, 1.82) is 0 Å². The van der Waals surface area contributed by atoms with E-state index in [-0.39, 0.29) is 11.4 Å². The smallest absolute Gasteiger partial charge is 0.361 e. The summed E-state index contributed by atoms with van der Waals surface area (Å²) in [7, 11) is 1.28. The Morgan fingerprint density at radius 2 is 2.19 bits per heavy atom. The van der Waals surface area contributed by atoms with E-state index in [1.165, 1.54) is 13.4 Å². The number of carbonyl (C=O) groups excluding carboxylic acids is 1. The van der Waals surface area contributed by atoms with Crippen LogP contribution in [0.1, 0.15) is 16.1 Å². The molecule has 0 saturated heterocycles.